The van der Waals surface area contributed by atoms with Gasteiger partial charge in [-0.3, -0.25) is 10.1 Å². The maximum atomic E-state index is 11.9. The number of esters is 1. The van der Waals surface area contributed by atoms with E-state index in [0.717, 1.165) is 37.2 Å². The van der Waals surface area contributed by atoms with E-state index in [4.69, 9.17) is 4.74 Å². The molecule has 0 radical (unpaired) electrons. The van der Waals surface area contributed by atoms with Gasteiger partial charge in [0.15, 0.2) is 0 Å². The number of benzene rings is 1. The first-order valence-corrected chi connectivity index (χ1v) is 8.39. The summed E-state index contributed by atoms with van der Waals surface area (Å²) in [4.78, 5) is 24.8. The van der Waals surface area contributed by atoms with Gasteiger partial charge < -0.3 is 9.64 Å². The van der Waals surface area contributed by atoms with Crippen molar-refractivity contribution >= 4 is 5.97 Å². The topological polar surface area (TPSA) is 72.7 Å². The lowest BCUT2D eigenvalue weighted by atomic mass is 9.93. The van der Waals surface area contributed by atoms with E-state index in [2.05, 4.69) is 4.90 Å². The van der Waals surface area contributed by atoms with Gasteiger partial charge in [0, 0.05) is 36.2 Å². The molecule has 0 aromatic heterocycles. The van der Waals surface area contributed by atoms with Crippen LogP contribution in [-0.4, -0.2) is 42.0 Å². The summed E-state index contributed by atoms with van der Waals surface area (Å²) in [6.45, 7) is 3.69. The highest BCUT2D eigenvalue weighted by atomic mass is 16.6. The molecule has 1 aliphatic rings. The van der Waals surface area contributed by atoms with Crippen molar-refractivity contribution in [3.05, 3.63) is 57.8 Å². The first kappa shape index (κ1) is 18.0. The number of nitro groups is 1. The van der Waals surface area contributed by atoms with Gasteiger partial charge in [-0.15, -0.1) is 0 Å². The monoisotopic (exact) mass is 332 g/mol. The van der Waals surface area contributed by atoms with Crippen LogP contribution in [0.2, 0.25) is 0 Å². The Morgan fingerprint density at radius 3 is 2.58 bits per heavy atom. The molecule has 0 N–H and O–H groups in total. The Labute approximate surface area is 142 Å². The molecule has 0 saturated carbocycles. The van der Waals surface area contributed by atoms with Crippen molar-refractivity contribution in [2.24, 2.45) is 0 Å². The van der Waals surface area contributed by atoms with Crippen LogP contribution in [0.3, 0.4) is 0 Å². The SMILES string of the molecule is CCOC(=O)/C=C(\CC(C[N+](=O)[O-])c1ccccc1)N1CCCC1. The molecule has 0 aliphatic carbocycles. The van der Waals surface area contributed by atoms with E-state index in [1.165, 1.54) is 6.08 Å². The number of likely N-dealkylation sites (tertiary alicyclic amines) is 1. The van der Waals surface area contributed by atoms with Crippen molar-refractivity contribution < 1.29 is 14.5 Å². The Balaban J connectivity index is 2.22. The number of hydrogen-bond donors (Lipinski definition) is 0. The fourth-order valence-electron chi connectivity index (χ4n) is 3.05. The van der Waals surface area contributed by atoms with E-state index in [9.17, 15) is 14.9 Å². The second-order valence-corrected chi connectivity index (χ2v) is 5.91. The predicted molar refractivity (Wildman–Crippen MR) is 91.2 cm³/mol. The van der Waals surface area contributed by atoms with Crippen molar-refractivity contribution in [3.8, 4) is 0 Å². The molecule has 1 fully saturated rings. The van der Waals surface area contributed by atoms with Gasteiger partial charge >= 0.3 is 5.97 Å². The number of ether oxygens (including phenoxy) is 1. The second-order valence-electron chi connectivity index (χ2n) is 5.91. The Morgan fingerprint density at radius 2 is 2.00 bits per heavy atom. The molecule has 130 valence electrons. The van der Waals surface area contributed by atoms with Crippen LogP contribution >= 0.6 is 0 Å². The van der Waals surface area contributed by atoms with Crippen LogP contribution in [0.5, 0.6) is 0 Å². The Bertz CT molecular complexity index is 580. The molecule has 1 saturated heterocycles. The van der Waals surface area contributed by atoms with E-state index in [1.807, 2.05) is 30.3 Å². The average molecular weight is 332 g/mol. The molecule has 6 heteroatoms. The third-order valence-electron chi connectivity index (χ3n) is 4.18. The zero-order valence-corrected chi connectivity index (χ0v) is 14.0. The quantitative estimate of drug-likeness (QED) is 0.317. The number of rotatable bonds is 8. The summed E-state index contributed by atoms with van der Waals surface area (Å²) in [6.07, 6.45) is 4.12. The fraction of sp³-hybridized carbons (Fsp3) is 0.500. The molecular weight excluding hydrogens is 308 g/mol. The highest BCUT2D eigenvalue weighted by Gasteiger charge is 2.24. The van der Waals surface area contributed by atoms with E-state index in [1.54, 1.807) is 6.92 Å². The lowest BCUT2D eigenvalue weighted by Crippen LogP contribution is -2.24. The Morgan fingerprint density at radius 1 is 1.33 bits per heavy atom. The van der Waals surface area contributed by atoms with Crippen molar-refractivity contribution in [1.82, 2.24) is 4.90 Å². The minimum absolute atomic E-state index is 0.155. The van der Waals surface area contributed by atoms with Crippen LogP contribution in [0.4, 0.5) is 0 Å². The van der Waals surface area contributed by atoms with Gasteiger partial charge in [0.2, 0.25) is 6.54 Å². The van der Waals surface area contributed by atoms with Crippen molar-refractivity contribution in [1.29, 1.82) is 0 Å². The van der Waals surface area contributed by atoms with Crippen molar-refractivity contribution in [3.63, 3.8) is 0 Å². The molecule has 24 heavy (non-hydrogen) atoms. The maximum absolute atomic E-state index is 11.9. The molecular formula is C18H24N2O4. The zero-order chi connectivity index (χ0) is 17.4. The summed E-state index contributed by atoms with van der Waals surface area (Å²) in [7, 11) is 0. The largest absolute Gasteiger partial charge is 0.463 e. The van der Waals surface area contributed by atoms with E-state index in [0.29, 0.717) is 13.0 Å². The third kappa shape index (κ3) is 5.37. The minimum Gasteiger partial charge on any atom is -0.463 e. The van der Waals surface area contributed by atoms with Gasteiger partial charge in [-0.05, 0) is 25.3 Å². The van der Waals surface area contributed by atoms with Gasteiger partial charge in [0.05, 0.1) is 12.5 Å². The van der Waals surface area contributed by atoms with Gasteiger partial charge in [0.1, 0.15) is 0 Å². The molecule has 1 aromatic carbocycles. The molecule has 0 amide bonds. The second kappa shape index (κ2) is 9.05. The van der Waals surface area contributed by atoms with Crippen LogP contribution in [-0.2, 0) is 9.53 Å². The molecule has 0 bridgehead atoms. The highest BCUT2D eigenvalue weighted by Crippen LogP contribution is 2.28. The number of carbonyl (C=O) groups is 1. The van der Waals surface area contributed by atoms with E-state index >= 15 is 0 Å². The zero-order valence-electron chi connectivity index (χ0n) is 14.0. The maximum Gasteiger partial charge on any atom is 0.332 e. The van der Waals surface area contributed by atoms with Gasteiger partial charge in [0.25, 0.3) is 0 Å². The van der Waals surface area contributed by atoms with Crippen molar-refractivity contribution in [2.45, 2.75) is 32.1 Å². The lowest BCUT2D eigenvalue weighted by Gasteiger charge is -2.24. The third-order valence-corrected chi connectivity index (χ3v) is 4.18. The van der Waals surface area contributed by atoms with E-state index in [-0.39, 0.29) is 23.4 Å². The fourth-order valence-corrected chi connectivity index (χ4v) is 3.05. The molecule has 1 aromatic rings. The smallest absolute Gasteiger partial charge is 0.332 e. The van der Waals surface area contributed by atoms with Gasteiger partial charge in [-0.1, -0.05) is 30.3 Å². The summed E-state index contributed by atoms with van der Waals surface area (Å²) >= 11 is 0. The number of nitrogens with zero attached hydrogens (tertiary/aromatic N) is 2. The van der Waals surface area contributed by atoms with Crippen LogP contribution < -0.4 is 0 Å². The molecule has 0 spiro atoms. The highest BCUT2D eigenvalue weighted by molar-refractivity contribution is 5.82. The first-order valence-electron chi connectivity index (χ1n) is 8.39. The molecule has 1 atom stereocenters. The minimum atomic E-state index is -0.382. The Hall–Kier alpha value is -2.37. The molecule has 1 heterocycles. The number of allylic oxidation sites excluding steroid dienone is 1. The van der Waals surface area contributed by atoms with E-state index < -0.39 is 0 Å². The van der Waals surface area contributed by atoms with Crippen molar-refractivity contribution in [2.75, 3.05) is 26.2 Å². The van der Waals surface area contributed by atoms with Crippen LogP contribution in [0.1, 0.15) is 37.7 Å². The predicted octanol–water partition coefficient (Wildman–Crippen LogP) is 2.98. The van der Waals surface area contributed by atoms with Gasteiger partial charge in [-0.25, -0.2) is 4.79 Å². The Kier molecular flexibility index (Phi) is 6.78. The molecule has 1 aliphatic heterocycles. The summed E-state index contributed by atoms with van der Waals surface area (Å²) < 4.78 is 5.02. The molecule has 6 nitrogen and oxygen atoms in total. The first-order chi connectivity index (χ1) is 11.6. The van der Waals surface area contributed by atoms with Gasteiger partial charge in [-0.2, -0.15) is 0 Å². The van der Waals surface area contributed by atoms with Crippen LogP contribution in [0.15, 0.2) is 42.1 Å². The molecule has 2 rings (SSSR count). The summed E-state index contributed by atoms with van der Waals surface area (Å²) in [5.74, 6) is -0.644. The van der Waals surface area contributed by atoms with Crippen LogP contribution in [0.25, 0.3) is 0 Å². The summed E-state index contributed by atoms with van der Waals surface area (Å²) in [6, 6.07) is 9.46. The lowest BCUT2D eigenvalue weighted by molar-refractivity contribution is -0.483. The van der Waals surface area contributed by atoms with Crippen LogP contribution in [0, 0.1) is 10.1 Å². The normalized spacial score (nSPS) is 16.0. The summed E-state index contributed by atoms with van der Waals surface area (Å²) in [5.41, 5.74) is 1.75. The standard InChI is InChI=1S/C18H24N2O4/c1-2-24-18(21)13-17(19-10-6-7-11-19)12-16(14-20(22)23)15-8-4-3-5-9-15/h3-5,8-9,13,16H,2,6-7,10-12,14H2,1H3/b17-13+. The number of hydrogen-bond acceptors (Lipinski definition) is 5. The number of carbonyl (C=O) groups excluding carboxylic acids is 1. The summed E-state index contributed by atoms with van der Waals surface area (Å²) in [5, 5.41) is 11.1. The molecule has 1 unspecified atom stereocenters. The average Bonchev–Trinajstić information content (AvgIpc) is 3.08.